The molecule has 0 unspecified atom stereocenters. The molecular formula is C10H16N2O. The first-order valence-electron chi connectivity index (χ1n) is 4.58. The number of hydrogen-bond acceptors (Lipinski definition) is 3. The smallest absolute Gasteiger partial charge is 0.0449 e. The van der Waals surface area contributed by atoms with Crippen LogP contribution in [0.5, 0.6) is 0 Å². The molecule has 1 aromatic heterocycles. The predicted octanol–water partition coefficient (Wildman–Crippen LogP) is 1.03. The van der Waals surface area contributed by atoms with Crippen molar-refractivity contribution in [1.82, 2.24) is 4.98 Å². The summed E-state index contributed by atoms with van der Waals surface area (Å²) in [4.78, 5) is 4.03. The minimum absolute atomic E-state index is 0.0892. The summed E-state index contributed by atoms with van der Waals surface area (Å²) in [5.74, 6) is 0. The standard InChI is InChI=1S/C10H16N2O/c1-2-8-3-5-12-7-9(8)10(11)4-6-13/h3,5,7,10,13H,2,4,6,11H2,1H3/t10-/m1/s1. The van der Waals surface area contributed by atoms with Crippen molar-refractivity contribution in [2.75, 3.05) is 6.61 Å². The minimum atomic E-state index is -0.0892. The van der Waals surface area contributed by atoms with Gasteiger partial charge in [0, 0.05) is 25.0 Å². The molecule has 1 atom stereocenters. The quantitative estimate of drug-likeness (QED) is 0.727. The molecule has 0 radical (unpaired) electrons. The van der Waals surface area contributed by atoms with Crippen LogP contribution in [0.15, 0.2) is 18.5 Å². The number of aliphatic hydroxyl groups is 1. The van der Waals surface area contributed by atoms with Gasteiger partial charge in [-0.25, -0.2) is 0 Å². The van der Waals surface area contributed by atoms with E-state index >= 15 is 0 Å². The van der Waals surface area contributed by atoms with Crippen molar-refractivity contribution in [2.24, 2.45) is 5.73 Å². The lowest BCUT2D eigenvalue weighted by atomic mass is 10.00. The van der Waals surface area contributed by atoms with Crippen molar-refractivity contribution in [3.8, 4) is 0 Å². The van der Waals surface area contributed by atoms with Crippen LogP contribution in [0.3, 0.4) is 0 Å². The Hall–Kier alpha value is -0.930. The van der Waals surface area contributed by atoms with E-state index in [0.717, 1.165) is 12.0 Å². The third-order valence-electron chi connectivity index (χ3n) is 2.17. The first-order chi connectivity index (χ1) is 6.29. The third-order valence-corrected chi connectivity index (χ3v) is 2.17. The zero-order valence-corrected chi connectivity index (χ0v) is 7.90. The van der Waals surface area contributed by atoms with Gasteiger partial charge in [-0.15, -0.1) is 0 Å². The van der Waals surface area contributed by atoms with Gasteiger partial charge in [0.15, 0.2) is 0 Å². The highest BCUT2D eigenvalue weighted by molar-refractivity contribution is 5.26. The van der Waals surface area contributed by atoms with Crippen molar-refractivity contribution in [1.29, 1.82) is 0 Å². The average molecular weight is 180 g/mol. The second-order valence-corrected chi connectivity index (χ2v) is 3.05. The molecule has 72 valence electrons. The van der Waals surface area contributed by atoms with Crippen molar-refractivity contribution in [3.63, 3.8) is 0 Å². The van der Waals surface area contributed by atoms with Gasteiger partial charge in [-0.1, -0.05) is 6.92 Å². The Labute approximate surface area is 78.6 Å². The van der Waals surface area contributed by atoms with Crippen molar-refractivity contribution in [2.45, 2.75) is 25.8 Å². The molecule has 0 fully saturated rings. The molecule has 1 heterocycles. The maximum atomic E-state index is 8.76. The van der Waals surface area contributed by atoms with Crippen LogP contribution in [0.25, 0.3) is 0 Å². The monoisotopic (exact) mass is 180 g/mol. The number of pyridine rings is 1. The highest BCUT2D eigenvalue weighted by atomic mass is 16.3. The van der Waals surface area contributed by atoms with Crippen LogP contribution >= 0.6 is 0 Å². The van der Waals surface area contributed by atoms with Crippen molar-refractivity contribution in [3.05, 3.63) is 29.6 Å². The van der Waals surface area contributed by atoms with Crippen LogP contribution in [-0.2, 0) is 6.42 Å². The molecule has 0 saturated carbocycles. The first-order valence-corrected chi connectivity index (χ1v) is 4.58. The number of rotatable bonds is 4. The molecule has 1 aromatic rings. The molecule has 0 aliphatic heterocycles. The normalized spacial score (nSPS) is 12.8. The molecule has 0 spiro atoms. The molecule has 0 aliphatic carbocycles. The number of nitrogens with two attached hydrogens (primary N) is 1. The molecule has 3 nitrogen and oxygen atoms in total. The zero-order chi connectivity index (χ0) is 9.68. The highest BCUT2D eigenvalue weighted by Gasteiger charge is 2.08. The van der Waals surface area contributed by atoms with Crippen LogP contribution in [0, 0.1) is 0 Å². The summed E-state index contributed by atoms with van der Waals surface area (Å²) >= 11 is 0. The molecular weight excluding hydrogens is 164 g/mol. The van der Waals surface area contributed by atoms with Gasteiger partial charge < -0.3 is 10.8 Å². The molecule has 0 amide bonds. The topological polar surface area (TPSA) is 59.1 Å². The van der Waals surface area contributed by atoms with E-state index < -0.39 is 0 Å². The zero-order valence-electron chi connectivity index (χ0n) is 7.90. The first kappa shape index (κ1) is 10.2. The summed E-state index contributed by atoms with van der Waals surface area (Å²) in [7, 11) is 0. The average Bonchev–Trinajstić information content (AvgIpc) is 2.18. The maximum absolute atomic E-state index is 8.76. The van der Waals surface area contributed by atoms with E-state index in [4.69, 9.17) is 10.8 Å². The molecule has 3 N–H and O–H groups in total. The van der Waals surface area contributed by atoms with Crippen LogP contribution in [0.1, 0.15) is 30.5 Å². The summed E-state index contributed by atoms with van der Waals surface area (Å²) in [5.41, 5.74) is 8.16. The highest BCUT2D eigenvalue weighted by Crippen LogP contribution is 2.17. The van der Waals surface area contributed by atoms with Crippen molar-refractivity contribution >= 4 is 0 Å². The predicted molar refractivity (Wildman–Crippen MR) is 52.2 cm³/mol. The molecule has 0 bridgehead atoms. The Morgan fingerprint density at radius 1 is 1.62 bits per heavy atom. The van der Waals surface area contributed by atoms with E-state index in [1.165, 1.54) is 5.56 Å². The van der Waals surface area contributed by atoms with E-state index in [1.54, 1.807) is 12.4 Å². The van der Waals surface area contributed by atoms with Gasteiger partial charge in [0.05, 0.1) is 0 Å². The summed E-state index contributed by atoms with van der Waals surface area (Å²) in [6.07, 6.45) is 5.11. The van der Waals surface area contributed by atoms with Gasteiger partial charge in [0.1, 0.15) is 0 Å². The minimum Gasteiger partial charge on any atom is -0.396 e. The second-order valence-electron chi connectivity index (χ2n) is 3.05. The SMILES string of the molecule is CCc1ccncc1[C@H](N)CCO. The molecule has 0 aromatic carbocycles. The van der Waals surface area contributed by atoms with E-state index in [2.05, 4.69) is 11.9 Å². The number of nitrogens with zero attached hydrogens (tertiary/aromatic N) is 1. The summed E-state index contributed by atoms with van der Waals surface area (Å²) in [6.45, 7) is 2.21. The Morgan fingerprint density at radius 2 is 2.38 bits per heavy atom. The fraction of sp³-hybridized carbons (Fsp3) is 0.500. The number of hydrogen-bond donors (Lipinski definition) is 2. The maximum Gasteiger partial charge on any atom is 0.0449 e. The number of aromatic nitrogens is 1. The van der Waals surface area contributed by atoms with Gasteiger partial charge in [0.2, 0.25) is 0 Å². The van der Waals surface area contributed by atoms with E-state index in [1.807, 2.05) is 6.07 Å². The molecule has 3 heteroatoms. The third kappa shape index (κ3) is 2.50. The Morgan fingerprint density at radius 3 is 3.00 bits per heavy atom. The number of aliphatic hydroxyl groups excluding tert-OH is 1. The van der Waals surface area contributed by atoms with Crippen LogP contribution in [-0.4, -0.2) is 16.7 Å². The molecule has 0 saturated heterocycles. The lowest BCUT2D eigenvalue weighted by Crippen LogP contribution is -2.14. The lowest BCUT2D eigenvalue weighted by molar-refractivity contribution is 0.276. The molecule has 1 rings (SSSR count). The van der Waals surface area contributed by atoms with E-state index in [-0.39, 0.29) is 12.6 Å². The molecule has 13 heavy (non-hydrogen) atoms. The van der Waals surface area contributed by atoms with Gasteiger partial charge in [-0.3, -0.25) is 4.98 Å². The van der Waals surface area contributed by atoms with Gasteiger partial charge in [-0.2, -0.15) is 0 Å². The van der Waals surface area contributed by atoms with Gasteiger partial charge in [0.25, 0.3) is 0 Å². The van der Waals surface area contributed by atoms with Gasteiger partial charge in [-0.05, 0) is 30.0 Å². The largest absolute Gasteiger partial charge is 0.396 e. The molecule has 0 aliphatic rings. The van der Waals surface area contributed by atoms with Crippen molar-refractivity contribution < 1.29 is 5.11 Å². The fourth-order valence-electron chi connectivity index (χ4n) is 1.39. The Kier molecular flexibility index (Phi) is 3.86. The number of aryl methyl sites for hydroxylation is 1. The lowest BCUT2D eigenvalue weighted by Gasteiger charge is -2.13. The van der Waals surface area contributed by atoms with E-state index in [9.17, 15) is 0 Å². The Balaban J connectivity index is 2.85. The van der Waals surface area contributed by atoms with E-state index in [0.29, 0.717) is 6.42 Å². The van der Waals surface area contributed by atoms with Gasteiger partial charge >= 0.3 is 0 Å². The van der Waals surface area contributed by atoms with Crippen LogP contribution in [0.4, 0.5) is 0 Å². The summed E-state index contributed by atoms with van der Waals surface area (Å²) in [6, 6.07) is 1.89. The second kappa shape index (κ2) is 4.94. The summed E-state index contributed by atoms with van der Waals surface area (Å²) in [5, 5.41) is 8.76. The van der Waals surface area contributed by atoms with Crippen LogP contribution in [0.2, 0.25) is 0 Å². The fourth-order valence-corrected chi connectivity index (χ4v) is 1.39. The van der Waals surface area contributed by atoms with Crippen LogP contribution < -0.4 is 5.73 Å². The summed E-state index contributed by atoms with van der Waals surface area (Å²) < 4.78 is 0. The Bertz CT molecular complexity index is 263.